The second kappa shape index (κ2) is 8.14. The molecule has 0 saturated heterocycles. The number of nitrogens with two attached hydrogens (primary N) is 1. The molecule has 0 aliphatic carbocycles. The van der Waals surface area contributed by atoms with Crippen LogP contribution >= 0.6 is 12.4 Å². The maximum Gasteiger partial charge on any atom is 0.240 e. The highest BCUT2D eigenvalue weighted by Gasteiger charge is 2.30. The number of aromatic nitrogens is 1. The highest BCUT2D eigenvalue weighted by molar-refractivity contribution is 5.85. The normalized spacial score (nSPS) is 15.8. The highest BCUT2D eigenvalue weighted by atomic mass is 35.5. The van der Waals surface area contributed by atoms with E-state index in [2.05, 4.69) is 4.98 Å². The van der Waals surface area contributed by atoms with Gasteiger partial charge in [0.15, 0.2) is 0 Å². The molecule has 2 aromatic rings. The van der Waals surface area contributed by atoms with Crippen LogP contribution in [0.1, 0.15) is 31.7 Å². The molecule has 0 bridgehead atoms. The number of oxazole rings is 1. The average Bonchev–Trinajstić information content (AvgIpc) is 3.02. The van der Waals surface area contributed by atoms with E-state index >= 15 is 0 Å². The van der Waals surface area contributed by atoms with Crippen molar-refractivity contribution in [1.82, 2.24) is 9.88 Å². The van der Waals surface area contributed by atoms with Gasteiger partial charge < -0.3 is 15.1 Å². The molecule has 0 radical (unpaired) electrons. The Balaban J connectivity index is 0.00000243. The summed E-state index contributed by atoms with van der Waals surface area (Å²) in [4.78, 5) is 18.5. The molecule has 3 rings (SSSR count). The van der Waals surface area contributed by atoms with Gasteiger partial charge in [0.05, 0.1) is 12.6 Å². The second-order valence-electron chi connectivity index (χ2n) is 6.47. The van der Waals surface area contributed by atoms with Crippen LogP contribution in [-0.2, 0) is 17.8 Å². The lowest BCUT2D eigenvalue weighted by Crippen LogP contribution is -2.48. The number of nitrogens with zero attached hydrogens (tertiary/aromatic N) is 2. The van der Waals surface area contributed by atoms with Crippen molar-refractivity contribution in [3.8, 4) is 11.5 Å². The topological polar surface area (TPSA) is 72.4 Å². The van der Waals surface area contributed by atoms with Crippen LogP contribution in [0.15, 0.2) is 22.6 Å². The number of rotatable bonds is 4. The van der Waals surface area contributed by atoms with Gasteiger partial charge in [-0.2, -0.15) is 0 Å². The Morgan fingerprint density at radius 2 is 2.00 bits per heavy atom. The van der Waals surface area contributed by atoms with E-state index in [0.29, 0.717) is 31.0 Å². The van der Waals surface area contributed by atoms with Crippen molar-refractivity contribution < 1.29 is 18.0 Å². The summed E-state index contributed by atoms with van der Waals surface area (Å²) >= 11 is 0. The van der Waals surface area contributed by atoms with Crippen LogP contribution in [0.4, 0.5) is 8.78 Å². The number of carbonyl (C=O) groups excluding carboxylic acids is 1. The van der Waals surface area contributed by atoms with Crippen molar-refractivity contribution in [2.45, 2.75) is 39.3 Å². The predicted molar refractivity (Wildman–Crippen MR) is 95.7 cm³/mol. The van der Waals surface area contributed by atoms with Crippen LogP contribution in [0.25, 0.3) is 11.5 Å². The fraction of sp³-hybridized carbons (Fsp3) is 0.444. The first-order valence-electron chi connectivity index (χ1n) is 8.38. The fourth-order valence-electron chi connectivity index (χ4n) is 2.90. The molecular weight excluding hydrogens is 364 g/mol. The maximum atomic E-state index is 13.4. The first-order chi connectivity index (χ1) is 11.9. The van der Waals surface area contributed by atoms with Gasteiger partial charge in [-0.25, -0.2) is 13.8 Å². The standard InChI is InChI=1S/C18H21F2N3O2.ClH/c1-3-10(2)16(21)18(24)23-5-4-15-14(9-23)22-17(25-15)11-6-12(19)8-13(20)7-11;/h6-8,10,16H,3-5,9,21H2,1-2H3;1H/t10-,16+;/m0./s1. The van der Waals surface area contributed by atoms with E-state index in [1.54, 1.807) is 4.90 Å². The molecule has 1 aromatic heterocycles. The van der Waals surface area contributed by atoms with Gasteiger partial charge in [0.2, 0.25) is 11.8 Å². The molecule has 5 nitrogen and oxygen atoms in total. The van der Waals surface area contributed by atoms with Gasteiger partial charge in [-0.15, -0.1) is 12.4 Å². The van der Waals surface area contributed by atoms with Crippen LogP contribution in [-0.4, -0.2) is 28.4 Å². The zero-order valence-electron chi connectivity index (χ0n) is 14.7. The SMILES string of the molecule is CC[C@H](C)[C@@H](N)C(=O)N1CCc2oc(-c3cc(F)cc(F)c3)nc2C1.Cl. The Hall–Kier alpha value is -1.99. The first-order valence-corrected chi connectivity index (χ1v) is 8.38. The summed E-state index contributed by atoms with van der Waals surface area (Å²) in [6.45, 7) is 4.72. The molecule has 26 heavy (non-hydrogen) atoms. The highest BCUT2D eigenvalue weighted by Crippen LogP contribution is 2.27. The van der Waals surface area contributed by atoms with Gasteiger partial charge in [0, 0.05) is 24.6 Å². The minimum atomic E-state index is -0.692. The first kappa shape index (κ1) is 20.3. The molecule has 0 unspecified atom stereocenters. The third-order valence-corrected chi connectivity index (χ3v) is 4.69. The molecule has 1 aliphatic rings. The Bertz CT molecular complexity index is 776. The van der Waals surface area contributed by atoms with E-state index in [1.165, 1.54) is 12.1 Å². The molecule has 2 N–H and O–H groups in total. The molecule has 0 spiro atoms. The van der Waals surface area contributed by atoms with Crippen LogP contribution in [0.3, 0.4) is 0 Å². The van der Waals surface area contributed by atoms with E-state index in [0.717, 1.165) is 12.5 Å². The minimum Gasteiger partial charge on any atom is -0.441 e. The van der Waals surface area contributed by atoms with E-state index in [1.807, 2.05) is 13.8 Å². The maximum absolute atomic E-state index is 13.4. The molecular formula is C18H22ClF2N3O2. The van der Waals surface area contributed by atoms with Crippen molar-refractivity contribution >= 4 is 18.3 Å². The third-order valence-electron chi connectivity index (χ3n) is 4.69. The lowest BCUT2D eigenvalue weighted by Gasteiger charge is -2.29. The summed E-state index contributed by atoms with van der Waals surface area (Å²) < 4.78 is 32.4. The van der Waals surface area contributed by atoms with E-state index < -0.39 is 17.7 Å². The Kier molecular flexibility index (Phi) is 6.36. The van der Waals surface area contributed by atoms with Gasteiger partial charge in [-0.05, 0) is 18.1 Å². The monoisotopic (exact) mass is 385 g/mol. The fourth-order valence-corrected chi connectivity index (χ4v) is 2.90. The van der Waals surface area contributed by atoms with E-state index in [-0.39, 0.29) is 35.7 Å². The van der Waals surface area contributed by atoms with Gasteiger partial charge in [-0.3, -0.25) is 4.79 Å². The third kappa shape index (κ3) is 4.04. The van der Waals surface area contributed by atoms with Crippen molar-refractivity contribution in [1.29, 1.82) is 0 Å². The van der Waals surface area contributed by atoms with Crippen LogP contribution in [0.5, 0.6) is 0 Å². The average molecular weight is 386 g/mol. The largest absolute Gasteiger partial charge is 0.441 e. The zero-order valence-corrected chi connectivity index (χ0v) is 15.5. The lowest BCUT2D eigenvalue weighted by atomic mass is 9.98. The quantitative estimate of drug-likeness (QED) is 0.876. The summed E-state index contributed by atoms with van der Waals surface area (Å²) in [7, 11) is 0. The zero-order chi connectivity index (χ0) is 18.1. The Morgan fingerprint density at radius 1 is 1.35 bits per heavy atom. The number of hydrogen-bond donors (Lipinski definition) is 1. The number of benzene rings is 1. The summed E-state index contributed by atoms with van der Waals surface area (Å²) in [5.74, 6) is -0.604. The number of fused-ring (bicyclic) bond motifs is 1. The summed E-state index contributed by atoms with van der Waals surface area (Å²) in [5.41, 5.74) is 6.88. The number of hydrogen-bond acceptors (Lipinski definition) is 4. The van der Waals surface area contributed by atoms with Crippen molar-refractivity contribution in [2.75, 3.05) is 6.54 Å². The summed E-state index contributed by atoms with van der Waals surface area (Å²) in [6.07, 6.45) is 1.32. The summed E-state index contributed by atoms with van der Waals surface area (Å²) in [5, 5.41) is 0. The number of carbonyl (C=O) groups is 1. The van der Waals surface area contributed by atoms with Crippen LogP contribution in [0, 0.1) is 17.6 Å². The molecule has 1 amide bonds. The molecule has 142 valence electrons. The smallest absolute Gasteiger partial charge is 0.240 e. The Morgan fingerprint density at radius 3 is 2.62 bits per heavy atom. The van der Waals surface area contributed by atoms with Crippen molar-refractivity contribution in [3.63, 3.8) is 0 Å². The van der Waals surface area contributed by atoms with Gasteiger partial charge in [0.25, 0.3) is 0 Å². The molecule has 8 heteroatoms. The molecule has 1 aromatic carbocycles. The van der Waals surface area contributed by atoms with Crippen LogP contribution < -0.4 is 5.73 Å². The molecule has 0 fully saturated rings. The van der Waals surface area contributed by atoms with E-state index in [9.17, 15) is 13.6 Å². The van der Waals surface area contributed by atoms with Gasteiger partial charge >= 0.3 is 0 Å². The van der Waals surface area contributed by atoms with Gasteiger partial charge in [0.1, 0.15) is 23.1 Å². The number of amides is 1. The number of halogens is 3. The molecule has 1 aliphatic heterocycles. The van der Waals surface area contributed by atoms with Gasteiger partial charge in [-0.1, -0.05) is 20.3 Å². The lowest BCUT2D eigenvalue weighted by molar-refractivity contribution is -0.134. The van der Waals surface area contributed by atoms with Crippen LogP contribution in [0.2, 0.25) is 0 Å². The predicted octanol–water partition coefficient (Wildman–Crippen LogP) is 3.30. The Labute approximate surface area is 157 Å². The second-order valence-corrected chi connectivity index (χ2v) is 6.47. The van der Waals surface area contributed by atoms with E-state index in [4.69, 9.17) is 10.2 Å². The van der Waals surface area contributed by atoms with Crippen molar-refractivity contribution in [2.24, 2.45) is 11.7 Å². The summed E-state index contributed by atoms with van der Waals surface area (Å²) in [6, 6.07) is 2.59. The molecule has 0 saturated carbocycles. The molecule has 2 atom stereocenters. The molecule has 2 heterocycles. The minimum absolute atomic E-state index is 0. The van der Waals surface area contributed by atoms with Crippen molar-refractivity contribution in [3.05, 3.63) is 41.3 Å².